The van der Waals surface area contributed by atoms with Gasteiger partial charge < -0.3 is 9.84 Å². The summed E-state index contributed by atoms with van der Waals surface area (Å²) in [6.07, 6.45) is 9.69. The van der Waals surface area contributed by atoms with Crippen molar-refractivity contribution in [2.75, 3.05) is 7.11 Å². The predicted octanol–water partition coefficient (Wildman–Crippen LogP) is 4.16. The first kappa shape index (κ1) is 16.0. The van der Waals surface area contributed by atoms with Gasteiger partial charge in [-0.1, -0.05) is 32.6 Å². The van der Waals surface area contributed by atoms with Gasteiger partial charge in [0.2, 0.25) is 0 Å². The Morgan fingerprint density at radius 1 is 1.22 bits per heavy atom. The van der Waals surface area contributed by atoms with Gasteiger partial charge in [-0.05, 0) is 51.4 Å². The van der Waals surface area contributed by atoms with Gasteiger partial charge in [-0.2, -0.15) is 0 Å². The molecule has 2 atom stereocenters. The third kappa shape index (κ3) is 5.27. The normalized spacial score (nSPS) is 21.8. The molecule has 0 spiro atoms. The molecule has 1 rings (SSSR count). The van der Waals surface area contributed by atoms with Crippen LogP contribution in [0.3, 0.4) is 0 Å². The van der Waals surface area contributed by atoms with Crippen LogP contribution in [0.5, 0.6) is 0 Å². The summed E-state index contributed by atoms with van der Waals surface area (Å²) >= 11 is 0. The van der Waals surface area contributed by atoms with Crippen molar-refractivity contribution in [3.8, 4) is 0 Å². The van der Waals surface area contributed by atoms with E-state index in [0.717, 1.165) is 19.3 Å². The highest BCUT2D eigenvalue weighted by molar-refractivity contribution is 4.78. The summed E-state index contributed by atoms with van der Waals surface area (Å²) in [6, 6.07) is 0. The van der Waals surface area contributed by atoms with Crippen LogP contribution in [0.25, 0.3) is 0 Å². The average Bonchev–Trinajstić information content (AvgIpc) is 2.38. The van der Waals surface area contributed by atoms with Crippen molar-refractivity contribution in [3.05, 3.63) is 0 Å². The average molecular weight is 256 g/mol. The summed E-state index contributed by atoms with van der Waals surface area (Å²) < 4.78 is 5.43. The summed E-state index contributed by atoms with van der Waals surface area (Å²) in [7, 11) is 1.78. The summed E-state index contributed by atoms with van der Waals surface area (Å²) in [5, 5.41) is 10.4. The van der Waals surface area contributed by atoms with Gasteiger partial charge in [0, 0.05) is 7.11 Å². The molecule has 0 saturated heterocycles. The Bertz CT molecular complexity index is 219. The molecular weight excluding hydrogens is 224 g/mol. The number of rotatable bonds is 7. The number of aliphatic hydroxyl groups excluding tert-OH is 1. The minimum Gasteiger partial charge on any atom is -0.393 e. The lowest BCUT2D eigenvalue weighted by molar-refractivity contribution is 0.00573. The molecule has 0 amide bonds. The van der Waals surface area contributed by atoms with Crippen LogP contribution in [0.4, 0.5) is 0 Å². The van der Waals surface area contributed by atoms with Gasteiger partial charge in [-0.3, -0.25) is 0 Å². The summed E-state index contributed by atoms with van der Waals surface area (Å²) in [5.41, 5.74) is -0.0183. The first-order chi connectivity index (χ1) is 8.46. The smallest absolute Gasteiger partial charge is 0.0622 e. The highest BCUT2D eigenvalue weighted by Crippen LogP contribution is 2.31. The minimum atomic E-state index is -0.0871. The zero-order valence-corrected chi connectivity index (χ0v) is 12.7. The fourth-order valence-electron chi connectivity index (χ4n) is 3.06. The molecule has 0 aliphatic heterocycles. The fraction of sp³-hybridized carbons (Fsp3) is 1.00. The van der Waals surface area contributed by atoms with E-state index < -0.39 is 0 Å². The molecule has 1 saturated carbocycles. The molecule has 2 heteroatoms. The molecule has 2 unspecified atom stereocenters. The van der Waals surface area contributed by atoms with Crippen LogP contribution in [-0.4, -0.2) is 23.9 Å². The van der Waals surface area contributed by atoms with Crippen molar-refractivity contribution < 1.29 is 9.84 Å². The highest BCUT2D eigenvalue weighted by atomic mass is 16.5. The molecular formula is C16H32O2. The molecule has 0 radical (unpaired) electrons. The lowest BCUT2D eigenvalue weighted by Crippen LogP contribution is -2.30. The Labute approximate surface area is 113 Å². The molecule has 1 fully saturated rings. The zero-order chi connectivity index (χ0) is 13.6. The van der Waals surface area contributed by atoms with Crippen molar-refractivity contribution >= 4 is 0 Å². The Kier molecular flexibility index (Phi) is 6.65. The highest BCUT2D eigenvalue weighted by Gasteiger charge is 2.26. The minimum absolute atomic E-state index is 0.0183. The van der Waals surface area contributed by atoms with Crippen LogP contribution in [0.2, 0.25) is 0 Å². The van der Waals surface area contributed by atoms with Crippen LogP contribution in [-0.2, 0) is 4.74 Å². The van der Waals surface area contributed by atoms with Gasteiger partial charge in [0.05, 0.1) is 11.7 Å². The molecule has 2 nitrogen and oxygen atoms in total. The number of methoxy groups -OCH3 is 1. The molecule has 108 valence electrons. The second-order valence-electron chi connectivity index (χ2n) is 6.72. The van der Waals surface area contributed by atoms with Gasteiger partial charge in [0.15, 0.2) is 0 Å². The predicted molar refractivity (Wildman–Crippen MR) is 76.7 cm³/mol. The Hall–Kier alpha value is -0.0800. The van der Waals surface area contributed by atoms with E-state index in [4.69, 9.17) is 4.74 Å². The maximum absolute atomic E-state index is 10.4. The SMILES string of the molecule is COC(C)(C)CCCC(C)C(O)C1CCCCC1. The summed E-state index contributed by atoms with van der Waals surface area (Å²) in [6.45, 7) is 6.48. The maximum Gasteiger partial charge on any atom is 0.0622 e. The van der Waals surface area contributed by atoms with Crippen LogP contribution in [0, 0.1) is 11.8 Å². The van der Waals surface area contributed by atoms with Crippen molar-refractivity contribution in [2.24, 2.45) is 11.8 Å². The monoisotopic (exact) mass is 256 g/mol. The van der Waals surface area contributed by atoms with Crippen LogP contribution in [0.15, 0.2) is 0 Å². The van der Waals surface area contributed by atoms with E-state index in [9.17, 15) is 5.11 Å². The van der Waals surface area contributed by atoms with Crippen LogP contribution >= 0.6 is 0 Å². The van der Waals surface area contributed by atoms with Gasteiger partial charge in [0.1, 0.15) is 0 Å². The van der Waals surface area contributed by atoms with E-state index in [2.05, 4.69) is 20.8 Å². The first-order valence-electron chi connectivity index (χ1n) is 7.69. The van der Waals surface area contributed by atoms with Crippen LogP contribution in [0.1, 0.15) is 72.1 Å². The summed E-state index contributed by atoms with van der Waals surface area (Å²) in [5.74, 6) is 0.991. The van der Waals surface area contributed by atoms with E-state index in [1.165, 1.54) is 32.1 Å². The Morgan fingerprint density at radius 3 is 2.39 bits per heavy atom. The number of ether oxygens (including phenoxy) is 1. The molecule has 1 N–H and O–H groups in total. The molecule has 0 aromatic heterocycles. The number of hydrogen-bond donors (Lipinski definition) is 1. The topological polar surface area (TPSA) is 29.5 Å². The lowest BCUT2D eigenvalue weighted by atomic mass is 9.79. The zero-order valence-electron chi connectivity index (χ0n) is 12.7. The van der Waals surface area contributed by atoms with Gasteiger partial charge in [-0.15, -0.1) is 0 Å². The number of aliphatic hydroxyl groups is 1. The largest absolute Gasteiger partial charge is 0.393 e. The first-order valence-corrected chi connectivity index (χ1v) is 7.69. The van der Waals surface area contributed by atoms with E-state index in [1.807, 2.05) is 0 Å². The van der Waals surface area contributed by atoms with Crippen LogP contribution < -0.4 is 0 Å². The molecule has 0 heterocycles. The molecule has 0 aromatic carbocycles. The molecule has 1 aliphatic carbocycles. The molecule has 1 aliphatic rings. The summed E-state index contributed by atoms with van der Waals surface area (Å²) in [4.78, 5) is 0. The van der Waals surface area contributed by atoms with E-state index >= 15 is 0 Å². The molecule has 0 bridgehead atoms. The van der Waals surface area contributed by atoms with Crippen molar-refractivity contribution in [1.29, 1.82) is 0 Å². The fourth-order valence-corrected chi connectivity index (χ4v) is 3.06. The number of hydrogen-bond acceptors (Lipinski definition) is 2. The van der Waals surface area contributed by atoms with Gasteiger partial charge in [0.25, 0.3) is 0 Å². The van der Waals surface area contributed by atoms with E-state index in [0.29, 0.717) is 11.8 Å². The second kappa shape index (κ2) is 7.49. The quantitative estimate of drug-likeness (QED) is 0.741. The lowest BCUT2D eigenvalue weighted by Gasteiger charge is -2.31. The second-order valence-corrected chi connectivity index (χ2v) is 6.72. The van der Waals surface area contributed by atoms with Crippen molar-refractivity contribution in [2.45, 2.75) is 83.8 Å². The standard InChI is InChI=1S/C16H32O2/c1-13(9-8-12-16(2,3)18-4)15(17)14-10-6-5-7-11-14/h13-15,17H,5-12H2,1-4H3. The van der Waals surface area contributed by atoms with Crippen molar-refractivity contribution in [1.82, 2.24) is 0 Å². The molecule has 0 aromatic rings. The van der Waals surface area contributed by atoms with Crippen molar-refractivity contribution in [3.63, 3.8) is 0 Å². The maximum atomic E-state index is 10.4. The third-order valence-corrected chi connectivity index (χ3v) is 4.71. The Balaban J connectivity index is 2.24. The van der Waals surface area contributed by atoms with Gasteiger partial charge in [-0.25, -0.2) is 0 Å². The third-order valence-electron chi connectivity index (χ3n) is 4.71. The Morgan fingerprint density at radius 2 is 1.83 bits per heavy atom. The van der Waals surface area contributed by atoms with Gasteiger partial charge >= 0.3 is 0 Å². The van der Waals surface area contributed by atoms with E-state index in [1.54, 1.807) is 7.11 Å². The van der Waals surface area contributed by atoms with E-state index in [-0.39, 0.29) is 11.7 Å². The molecule has 18 heavy (non-hydrogen) atoms.